The molecule has 158 valence electrons. The van der Waals surface area contributed by atoms with Crippen molar-refractivity contribution in [3.63, 3.8) is 0 Å². The summed E-state index contributed by atoms with van der Waals surface area (Å²) in [6.45, 7) is 2.19. The van der Waals surface area contributed by atoms with E-state index < -0.39 is 15.2 Å². The van der Waals surface area contributed by atoms with Gasteiger partial charge in [0.05, 0.1) is 6.61 Å². The van der Waals surface area contributed by atoms with Crippen LogP contribution in [0.4, 0.5) is 0 Å². The van der Waals surface area contributed by atoms with Crippen molar-refractivity contribution in [3.8, 4) is 0 Å². The predicted octanol–water partition coefficient (Wildman–Crippen LogP) is 3.56. The van der Waals surface area contributed by atoms with E-state index in [1.807, 2.05) is 0 Å². The van der Waals surface area contributed by atoms with Gasteiger partial charge in [0.2, 0.25) is 0 Å². The topological polar surface area (TPSA) is 86.5 Å². The van der Waals surface area contributed by atoms with Crippen LogP contribution in [0.1, 0.15) is 96.8 Å². The van der Waals surface area contributed by atoms with Crippen LogP contribution in [0.2, 0.25) is 0 Å². The van der Waals surface area contributed by atoms with Crippen LogP contribution >= 0.6 is 0 Å². The molecule has 0 saturated heterocycles. The van der Waals surface area contributed by atoms with Gasteiger partial charge >= 0.3 is 69.2 Å². The fourth-order valence-corrected chi connectivity index (χ4v) is 3.53. The van der Waals surface area contributed by atoms with Gasteiger partial charge in [-0.05, 0) is 32.1 Å². The second-order valence-corrected chi connectivity index (χ2v) is 8.37. The first-order chi connectivity index (χ1) is 12.5. The Balaban J connectivity index is -0.00000312. The molecule has 0 rings (SSSR count). The van der Waals surface area contributed by atoms with Gasteiger partial charge in [0.25, 0.3) is 5.12 Å². The second kappa shape index (κ2) is 24.5. The molecule has 0 heterocycles. The molecule has 0 aromatic rings. The Morgan fingerprint density at radius 2 is 1.29 bits per heavy atom. The third kappa shape index (κ3) is 22.0. The third-order valence-corrected chi connectivity index (χ3v) is 5.52. The van der Waals surface area contributed by atoms with Crippen LogP contribution in [0.3, 0.4) is 0 Å². The first-order valence-electron chi connectivity index (χ1n) is 10.3. The molecular weight excluding hydrogens is 396 g/mol. The number of carbonyl (C=O) groups is 1. The summed E-state index contributed by atoms with van der Waals surface area (Å²) in [5.41, 5.74) is 5.17. The van der Waals surface area contributed by atoms with Crippen LogP contribution < -0.4 is 5.73 Å². The van der Waals surface area contributed by atoms with Gasteiger partial charge in [0, 0.05) is 13.0 Å². The van der Waals surface area contributed by atoms with Crippen molar-refractivity contribution < 1.29 is 17.4 Å². The molecule has 0 spiro atoms. The molecular formula is C20H41NNa2O4S. The Bertz CT molecular complexity index is 471. The Morgan fingerprint density at radius 3 is 1.79 bits per heavy atom. The normalized spacial score (nSPS) is 11.2. The molecule has 0 radical (unpaired) electrons. The predicted molar refractivity (Wildman–Crippen MR) is 123 cm³/mol. The zero-order valence-corrected chi connectivity index (χ0v) is 17.4. The number of unbranched alkanes of at least 4 members (excludes halogenated alkanes) is 11. The molecule has 0 fully saturated rings. The van der Waals surface area contributed by atoms with Crippen molar-refractivity contribution in [2.75, 3.05) is 13.2 Å². The number of allylic oxidation sites excluding steroid dienone is 2. The quantitative estimate of drug-likeness (QED) is 0.153. The summed E-state index contributed by atoms with van der Waals surface area (Å²) in [6.07, 6.45) is 19.7. The van der Waals surface area contributed by atoms with Crippen molar-refractivity contribution in [1.82, 2.24) is 0 Å². The minimum atomic E-state index is -4.07. The van der Waals surface area contributed by atoms with Crippen molar-refractivity contribution >= 4 is 74.3 Å². The van der Waals surface area contributed by atoms with E-state index in [4.69, 9.17) is 5.73 Å². The maximum atomic E-state index is 11.5. The van der Waals surface area contributed by atoms with Gasteiger partial charge in [-0.1, -0.05) is 70.4 Å². The van der Waals surface area contributed by atoms with E-state index in [1.54, 1.807) is 0 Å². The molecule has 0 atom stereocenters. The zero-order valence-electron chi connectivity index (χ0n) is 16.6. The summed E-state index contributed by atoms with van der Waals surface area (Å²) < 4.78 is 27.4. The number of hydrogen-bond donors (Lipinski definition) is 1. The first kappa shape index (κ1) is 33.9. The van der Waals surface area contributed by atoms with Gasteiger partial charge in [0.15, 0.2) is 0 Å². The number of nitrogens with two attached hydrogens (primary N) is 1. The van der Waals surface area contributed by atoms with Crippen LogP contribution in [0, 0.1) is 0 Å². The van der Waals surface area contributed by atoms with E-state index in [0.29, 0.717) is 6.42 Å². The molecule has 0 saturated carbocycles. The van der Waals surface area contributed by atoms with Gasteiger partial charge in [-0.25, -0.2) is 0 Å². The van der Waals surface area contributed by atoms with Gasteiger partial charge in [-0.2, -0.15) is 8.42 Å². The molecule has 0 bridgehead atoms. The molecule has 0 aromatic heterocycles. The molecule has 0 amide bonds. The molecule has 0 aromatic carbocycles. The van der Waals surface area contributed by atoms with E-state index in [-0.39, 0.29) is 78.7 Å². The third-order valence-electron chi connectivity index (χ3n) is 4.28. The van der Waals surface area contributed by atoms with Crippen molar-refractivity contribution in [2.24, 2.45) is 5.73 Å². The fourth-order valence-electron chi connectivity index (χ4n) is 2.69. The molecule has 8 heteroatoms. The molecule has 0 aliphatic carbocycles. The summed E-state index contributed by atoms with van der Waals surface area (Å²) in [7, 11) is -4.07. The average Bonchev–Trinajstić information content (AvgIpc) is 2.63. The Labute approximate surface area is 217 Å². The number of carbonyl (C=O) groups excluding carboxylic acids is 1. The van der Waals surface area contributed by atoms with Crippen molar-refractivity contribution in [2.45, 2.75) is 96.8 Å². The van der Waals surface area contributed by atoms with E-state index in [9.17, 15) is 13.2 Å². The maximum absolute atomic E-state index is 11.5. The van der Waals surface area contributed by atoms with Crippen LogP contribution in [-0.4, -0.2) is 85.8 Å². The number of hydrogen-bond acceptors (Lipinski definition) is 5. The molecule has 2 N–H and O–H groups in total. The van der Waals surface area contributed by atoms with Crippen LogP contribution in [0.5, 0.6) is 0 Å². The summed E-state index contributed by atoms with van der Waals surface area (Å²) in [4.78, 5) is 11.5. The van der Waals surface area contributed by atoms with E-state index >= 15 is 0 Å². The molecule has 28 heavy (non-hydrogen) atoms. The zero-order chi connectivity index (χ0) is 19.5. The molecule has 0 unspecified atom stereocenters. The Morgan fingerprint density at radius 1 is 0.821 bits per heavy atom. The molecule has 5 nitrogen and oxygen atoms in total. The van der Waals surface area contributed by atoms with Gasteiger partial charge in [0.1, 0.15) is 0 Å². The first-order valence-corrected chi connectivity index (χ1v) is 11.7. The van der Waals surface area contributed by atoms with Gasteiger partial charge in [-0.3, -0.25) is 8.98 Å². The summed E-state index contributed by atoms with van der Waals surface area (Å²) in [5.74, 6) is 0. The minimum absolute atomic E-state index is 0. The van der Waals surface area contributed by atoms with Gasteiger partial charge < -0.3 is 5.73 Å². The standard InChI is InChI=1S/C20H39NO4S.2Na.2H/c1-2-3-4-5-6-7-8-9-10-11-12-13-14-15-16-17-20(22)26(23,24)25-19-18-21;;;;/h9-10H,2-8,11-19,21H2,1H3;;;;/b10-9-;;;;. The van der Waals surface area contributed by atoms with E-state index in [1.165, 1.54) is 44.9 Å². The van der Waals surface area contributed by atoms with Crippen molar-refractivity contribution in [3.05, 3.63) is 12.2 Å². The average molecular weight is 438 g/mol. The monoisotopic (exact) mass is 437 g/mol. The Hall–Kier alpha value is 1.28. The molecule has 0 aliphatic heterocycles. The molecule has 0 aliphatic rings. The van der Waals surface area contributed by atoms with Crippen LogP contribution in [0.25, 0.3) is 0 Å². The van der Waals surface area contributed by atoms with Crippen molar-refractivity contribution in [1.29, 1.82) is 0 Å². The fraction of sp³-hybridized carbons (Fsp3) is 0.850. The second-order valence-electron chi connectivity index (χ2n) is 6.77. The number of rotatable bonds is 18. The van der Waals surface area contributed by atoms with E-state index in [2.05, 4.69) is 23.3 Å². The van der Waals surface area contributed by atoms with Crippen LogP contribution in [-0.2, 0) is 19.1 Å². The summed E-state index contributed by atoms with van der Waals surface area (Å²) >= 11 is 0. The summed E-state index contributed by atoms with van der Waals surface area (Å²) in [6, 6.07) is 0. The van der Waals surface area contributed by atoms with E-state index in [0.717, 1.165) is 32.1 Å². The summed E-state index contributed by atoms with van der Waals surface area (Å²) in [5, 5.41) is -0.830. The SMILES string of the molecule is CCCCCCCC/C=C\CCCCCCCC(=O)S(=O)(=O)OCCN.[NaH].[NaH]. The van der Waals surface area contributed by atoms with Crippen LogP contribution in [0.15, 0.2) is 12.2 Å². The van der Waals surface area contributed by atoms with Gasteiger partial charge in [-0.15, -0.1) is 0 Å². The Kier molecular flexibility index (Phi) is 29.7.